The molecular formula is C20H29N5O. The third-order valence-electron chi connectivity index (χ3n) is 5.72. The van der Waals surface area contributed by atoms with Crippen LogP contribution in [0.5, 0.6) is 0 Å². The minimum Gasteiger partial charge on any atom is -0.379 e. The van der Waals surface area contributed by atoms with Crippen LogP contribution in [0.25, 0.3) is 10.9 Å². The molecule has 2 aliphatic rings. The van der Waals surface area contributed by atoms with Gasteiger partial charge in [0.15, 0.2) is 0 Å². The summed E-state index contributed by atoms with van der Waals surface area (Å²) in [6.07, 6.45) is 9.53. The molecule has 2 aromatic heterocycles. The third-order valence-corrected chi connectivity index (χ3v) is 5.72. The van der Waals surface area contributed by atoms with Crippen LogP contribution in [0.15, 0.2) is 18.6 Å². The molecule has 6 heteroatoms. The largest absolute Gasteiger partial charge is 0.379 e. The van der Waals surface area contributed by atoms with E-state index in [1.165, 1.54) is 25.7 Å². The lowest BCUT2D eigenvalue weighted by Gasteiger charge is -2.27. The number of morpholine rings is 1. The van der Waals surface area contributed by atoms with Crippen molar-refractivity contribution in [2.45, 2.75) is 45.1 Å². The van der Waals surface area contributed by atoms with Crippen LogP contribution in [-0.2, 0) is 11.2 Å². The summed E-state index contributed by atoms with van der Waals surface area (Å²) in [6, 6.07) is 2.69. The highest BCUT2D eigenvalue weighted by atomic mass is 16.5. The van der Waals surface area contributed by atoms with E-state index in [1.54, 1.807) is 6.33 Å². The summed E-state index contributed by atoms with van der Waals surface area (Å²) in [5.41, 5.74) is 2.03. The summed E-state index contributed by atoms with van der Waals surface area (Å²) < 4.78 is 5.42. The molecule has 0 amide bonds. The first-order valence-electron chi connectivity index (χ1n) is 9.94. The number of rotatable bonds is 5. The molecule has 2 aromatic rings. The fourth-order valence-electron chi connectivity index (χ4n) is 3.95. The second kappa shape index (κ2) is 8.27. The summed E-state index contributed by atoms with van der Waals surface area (Å²) in [4.78, 5) is 16.0. The zero-order valence-corrected chi connectivity index (χ0v) is 15.7. The molecule has 140 valence electrons. The van der Waals surface area contributed by atoms with Crippen molar-refractivity contribution in [2.24, 2.45) is 5.92 Å². The second-order valence-corrected chi connectivity index (χ2v) is 7.72. The number of ether oxygens (including phenoxy) is 1. The van der Waals surface area contributed by atoms with E-state index in [2.05, 4.69) is 38.2 Å². The molecule has 0 atom stereocenters. The Labute approximate surface area is 155 Å². The van der Waals surface area contributed by atoms with E-state index in [9.17, 15) is 0 Å². The van der Waals surface area contributed by atoms with Gasteiger partial charge in [0.2, 0.25) is 0 Å². The molecule has 0 aromatic carbocycles. The SMILES string of the molecule is CC1CCC(Nc2ncnc3cnc(CCN4CCOCC4)cc23)CC1. The van der Waals surface area contributed by atoms with Gasteiger partial charge in [-0.3, -0.25) is 9.88 Å². The van der Waals surface area contributed by atoms with E-state index in [1.807, 2.05) is 6.20 Å². The molecule has 0 spiro atoms. The maximum Gasteiger partial charge on any atom is 0.137 e. The molecule has 0 unspecified atom stereocenters. The number of pyridine rings is 1. The molecule has 1 N–H and O–H groups in total. The number of hydrogen-bond acceptors (Lipinski definition) is 6. The molecule has 1 saturated heterocycles. The van der Waals surface area contributed by atoms with Crippen LogP contribution in [-0.4, -0.2) is 58.7 Å². The molecule has 6 nitrogen and oxygen atoms in total. The number of nitrogens with zero attached hydrogens (tertiary/aromatic N) is 4. The van der Waals surface area contributed by atoms with Gasteiger partial charge in [-0.25, -0.2) is 9.97 Å². The fraction of sp³-hybridized carbons (Fsp3) is 0.650. The van der Waals surface area contributed by atoms with Gasteiger partial charge in [-0.1, -0.05) is 6.92 Å². The van der Waals surface area contributed by atoms with Gasteiger partial charge in [0.05, 0.1) is 24.9 Å². The van der Waals surface area contributed by atoms with Crippen LogP contribution in [0.4, 0.5) is 5.82 Å². The third kappa shape index (κ3) is 4.30. The lowest BCUT2D eigenvalue weighted by Crippen LogP contribution is -2.37. The lowest BCUT2D eigenvalue weighted by molar-refractivity contribution is 0.0383. The van der Waals surface area contributed by atoms with Crippen molar-refractivity contribution in [3.63, 3.8) is 0 Å². The van der Waals surface area contributed by atoms with Gasteiger partial charge in [0.1, 0.15) is 12.1 Å². The Balaban J connectivity index is 1.46. The number of fused-ring (bicyclic) bond motifs is 1. The van der Waals surface area contributed by atoms with Crippen LogP contribution < -0.4 is 5.32 Å². The van der Waals surface area contributed by atoms with Crippen molar-refractivity contribution in [3.05, 3.63) is 24.3 Å². The minimum absolute atomic E-state index is 0.522. The van der Waals surface area contributed by atoms with Crippen LogP contribution in [0.1, 0.15) is 38.3 Å². The van der Waals surface area contributed by atoms with E-state index >= 15 is 0 Å². The van der Waals surface area contributed by atoms with E-state index in [4.69, 9.17) is 4.74 Å². The molecule has 4 rings (SSSR count). The Hall–Kier alpha value is -1.79. The van der Waals surface area contributed by atoms with Gasteiger partial charge in [0, 0.05) is 43.2 Å². The first-order valence-corrected chi connectivity index (χ1v) is 9.94. The predicted octanol–water partition coefficient (Wildman–Crippen LogP) is 2.89. The Morgan fingerprint density at radius 3 is 2.73 bits per heavy atom. The minimum atomic E-state index is 0.522. The Bertz CT molecular complexity index is 723. The first-order chi connectivity index (χ1) is 12.8. The molecule has 26 heavy (non-hydrogen) atoms. The van der Waals surface area contributed by atoms with E-state index in [-0.39, 0.29) is 0 Å². The molecule has 3 heterocycles. The van der Waals surface area contributed by atoms with Crippen molar-refractivity contribution in [1.82, 2.24) is 19.9 Å². The normalized spacial score (nSPS) is 24.7. The van der Waals surface area contributed by atoms with Crippen molar-refractivity contribution in [3.8, 4) is 0 Å². The van der Waals surface area contributed by atoms with Crippen molar-refractivity contribution in [1.29, 1.82) is 0 Å². The van der Waals surface area contributed by atoms with E-state index in [0.717, 1.165) is 67.6 Å². The Kier molecular flexibility index (Phi) is 5.60. The number of hydrogen-bond donors (Lipinski definition) is 1. The number of nitrogens with one attached hydrogen (secondary N) is 1. The summed E-state index contributed by atoms with van der Waals surface area (Å²) in [5, 5.41) is 4.77. The highest BCUT2D eigenvalue weighted by Crippen LogP contribution is 2.27. The van der Waals surface area contributed by atoms with Crippen LogP contribution >= 0.6 is 0 Å². The zero-order chi connectivity index (χ0) is 17.8. The fourth-order valence-corrected chi connectivity index (χ4v) is 3.95. The van der Waals surface area contributed by atoms with Crippen molar-refractivity contribution in [2.75, 3.05) is 38.2 Å². The standard InChI is InChI=1S/C20H29N5O/c1-15-2-4-16(5-3-15)24-20-18-12-17(21-13-19(18)22-14-23-20)6-7-25-8-10-26-11-9-25/h12-16H,2-11H2,1H3,(H,22,23,24). The van der Waals surface area contributed by atoms with Gasteiger partial charge >= 0.3 is 0 Å². The predicted molar refractivity (Wildman–Crippen MR) is 103 cm³/mol. The zero-order valence-electron chi connectivity index (χ0n) is 15.7. The lowest BCUT2D eigenvalue weighted by atomic mass is 9.87. The maximum absolute atomic E-state index is 5.42. The molecule has 1 aliphatic heterocycles. The molecule has 0 radical (unpaired) electrons. The van der Waals surface area contributed by atoms with Gasteiger partial charge in [-0.2, -0.15) is 0 Å². The average molecular weight is 355 g/mol. The van der Waals surface area contributed by atoms with Crippen LogP contribution in [0.3, 0.4) is 0 Å². The average Bonchev–Trinajstić information content (AvgIpc) is 2.69. The van der Waals surface area contributed by atoms with Crippen molar-refractivity contribution >= 4 is 16.7 Å². The Morgan fingerprint density at radius 1 is 1.12 bits per heavy atom. The Morgan fingerprint density at radius 2 is 1.92 bits per heavy atom. The number of anilines is 1. The quantitative estimate of drug-likeness (QED) is 0.890. The summed E-state index contributed by atoms with van der Waals surface area (Å²) in [6.45, 7) is 7.09. The van der Waals surface area contributed by atoms with Crippen LogP contribution in [0, 0.1) is 5.92 Å². The topological polar surface area (TPSA) is 63.2 Å². The first kappa shape index (κ1) is 17.6. The highest BCUT2D eigenvalue weighted by Gasteiger charge is 2.19. The van der Waals surface area contributed by atoms with Gasteiger partial charge in [0.25, 0.3) is 0 Å². The second-order valence-electron chi connectivity index (χ2n) is 7.72. The van der Waals surface area contributed by atoms with Gasteiger partial charge < -0.3 is 10.1 Å². The smallest absolute Gasteiger partial charge is 0.137 e. The summed E-state index contributed by atoms with van der Waals surface area (Å²) >= 11 is 0. The van der Waals surface area contributed by atoms with E-state index in [0.29, 0.717) is 6.04 Å². The molecule has 0 bridgehead atoms. The molecule has 2 fully saturated rings. The maximum atomic E-state index is 5.42. The van der Waals surface area contributed by atoms with Crippen molar-refractivity contribution < 1.29 is 4.74 Å². The molecule has 1 saturated carbocycles. The van der Waals surface area contributed by atoms with Gasteiger partial charge in [-0.05, 0) is 37.7 Å². The molecular weight excluding hydrogens is 326 g/mol. The molecule has 1 aliphatic carbocycles. The highest BCUT2D eigenvalue weighted by molar-refractivity contribution is 5.88. The van der Waals surface area contributed by atoms with Crippen LogP contribution in [0.2, 0.25) is 0 Å². The monoisotopic (exact) mass is 355 g/mol. The number of aromatic nitrogens is 3. The summed E-state index contributed by atoms with van der Waals surface area (Å²) in [7, 11) is 0. The van der Waals surface area contributed by atoms with Gasteiger partial charge in [-0.15, -0.1) is 0 Å². The summed E-state index contributed by atoms with van der Waals surface area (Å²) in [5.74, 6) is 1.82. The van der Waals surface area contributed by atoms with E-state index < -0.39 is 0 Å².